The van der Waals surface area contributed by atoms with Crippen LogP contribution in [0.5, 0.6) is 0 Å². The number of anilines is 4. The van der Waals surface area contributed by atoms with Gasteiger partial charge in [0.25, 0.3) is 11.4 Å². The Hall–Kier alpha value is -5.80. The molecule has 0 heterocycles. The maximum Gasteiger partial charge on any atom is 0.270 e. The summed E-state index contributed by atoms with van der Waals surface area (Å²) in [5, 5.41) is 23.2. The smallest absolute Gasteiger partial charge is 0.270 e. The van der Waals surface area contributed by atoms with E-state index < -0.39 is 9.85 Å². The molecule has 0 spiro atoms. The predicted octanol–water partition coefficient (Wildman–Crippen LogP) is 18.7. The predicted molar refractivity (Wildman–Crippen MR) is 305 cm³/mol. The maximum atomic E-state index is 11.0. The van der Waals surface area contributed by atoms with Crippen molar-refractivity contribution in [2.45, 2.75) is 59.1 Å². The van der Waals surface area contributed by atoms with Crippen molar-refractivity contribution in [3.05, 3.63) is 195 Å². The van der Waals surface area contributed by atoms with Gasteiger partial charge in [0.1, 0.15) is 0 Å². The van der Waals surface area contributed by atoms with Crippen LogP contribution in [0.2, 0.25) is 30.1 Å². The van der Waals surface area contributed by atoms with E-state index in [4.69, 9.17) is 92.5 Å². The molecule has 8 N–H and O–H groups in total. The Morgan fingerprint density at radius 3 is 1.06 bits per heavy atom. The molecule has 0 aromatic heterocycles. The summed E-state index contributed by atoms with van der Waals surface area (Å²) in [4.78, 5) is 24.3. The molecule has 0 amide bonds. The maximum absolute atomic E-state index is 11.0. The third-order valence-corrected chi connectivity index (χ3v) is 16.4. The van der Waals surface area contributed by atoms with E-state index in [9.17, 15) is 20.2 Å². The highest BCUT2D eigenvalue weighted by molar-refractivity contribution is 8.00. The molecular weight excluding hydrogens is 1070 g/mol. The monoisotopic (exact) mass is 1110 g/mol. The zero-order chi connectivity index (χ0) is 52.3. The molecule has 0 aliphatic rings. The second kappa shape index (κ2) is 23.0. The lowest BCUT2D eigenvalue weighted by molar-refractivity contribution is -0.385. The van der Waals surface area contributed by atoms with Crippen LogP contribution in [0.4, 0.5) is 34.1 Å². The van der Waals surface area contributed by atoms with Gasteiger partial charge in [0.05, 0.1) is 40.0 Å². The molecule has 368 valence electrons. The van der Waals surface area contributed by atoms with Gasteiger partial charge in [0.2, 0.25) is 0 Å². The summed E-state index contributed by atoms with van der Waals surface area (Å²) < 4.78 is 0. The summed E-state index contributed by atoms with van der Waals surface area (Å²) in [6.45, 7) is 8.80. The Morgan fingerprint density at radius 1 is 0.389 bits per heavy atom. The zero-order valence-electron chi connectivity index (χ0n) is 38.8. The average molecular weight is 1120 g/mol. The molecule has 0 unspecified atom stereocenters. The van der Waals surface area contributed by atoms with Crippen LogP contribution in [0, 0.1) is 20.2 Å². The first-order chi connectivity index (χ1) is 34.1. The molecule has 0 saturated carbocycles. The van der Waals surface area contributed by atoms with Gasteiger partial charge in [-0.05, 0) is 107 Å². The summed E-state index contributed by atoms with van der Waals surface area (Å²) in [5.41, 5.74) is 35.9. The minimum absolute atomic E-state index is 0.145. The van der Waals surface area contributed by atoms with Crippen molar-refractivity contribution in [2.24, 2.45) is 0 Å². The van der Waals surface area contributed by atoms with Crippen LogP contribution < -0.4 is 22.9 Å². The molecule has 10 nitrogen and oxygen atoms in total. The Bertz CT molecular complexity index is 3210. The lowest BCUT2D eigenvalue weighted by Gasteiger charge is -2.19. The third kappa shape index (κ3) is 12.0. The van der Waals surface area contributed by atoms with Crippen LogP contribution in [-0.4, -0.2) is 9.85 Å². The third-order valence-electron chi connectivity index (χ3n) is 11.5. The minimum atomic E-state index is -0.542. The number of benzene rings is 8. The first-order valence-corrected chi connectivity index (χ1v) is 25.8. The van der Waals surface area contributed by atoms with Crippen LogP contribution in [-0.2, 0) is 0 Å². The molecule has 8 aromatic rings. The van der Waals surface area contributed by atoms with E-state index in [1.807, 2.05) is 36.4 Å². The van der Waals surface area contributed by atoms with Crippen molar-refractivity contribution in [3.8, 4) is 44.5 Å². The number of nitro benzene ring substituents is 2. The van der Waals surface area contributed by atoms with E-state index in [-0.39, 0.29) is 41.5 Å². The van der Waals surface area contributed by atoms with Gasteiger partial charge in [-0.2, -0.15) is 0 Å². The minimum Gasteiger partial charge on any atom is -0.399 e. The van der Waals surface area contributed by atoms with Gasteiger partial charge in [0.15, 0.2) is 0 Å². The molecule has 0 radical (unpaired) electrons. The van der Waals surface area contributed by atoms with Crippen molar-refractivity contribution >= 4 is 127 Å². The number of nitro groups is 2. The Kier molecular flexibility index (Phi) is 17.2. The van der Waals surface area contributed by atoms with Gasteiger partial charge in [0, 0.05) is 100.0 Å². The Labute approximate surface area is 455 Å². The zero-order valence-corrected chi connectivity index (χ0v) is 44.9. The number of nitrogens with zero attached hydrogens (tertiary/aromatic N) is 2. The molecule has 0 aliphatic carbocycles. The number of nitrogens with two attached hydrogens (primary N) is 4. The lowest BCUT2D eigenvalue weighted by Crippen LogP contribution is -1.98. The van der Waals surface area contributed by atoms with Gasteiger partial charge in [-0.1, -0.05) is 157 Å². The number of hydrogen-bond donors (Lipinski definition) is 4. The highest BCUT2D eigenvalue weighted by Gasteiger charge is 2.22. The van der Waals surface area contributed by atoms with E-state index in [0.29, 0.717) is 66.6 Å². The largest absolute Gasteiger partial charge is 0.399 e. The lowest BCUT2D eigenvalue weighted by atomic mass is 9.96. The number of non-ortho nitro benzene ring substituents is 2. The van der Waals surface area contributed by atoms with E-state index in [1.165, 1.54) is 59.3 Å². The summed E-state index contributed by atoms with van der Waals surface area (Å²) in [6.07, 6.45) is 0. The normalized spacial score (nSPS) is 11.2. The fourth-order valence-electron chi connectivity index (χ4n) is 7.61. The second-order valence-electron chi connectivity index (χ2n) is 17.0. The van der Waals surface area contributed by atoms with Crippen LogP contribution in [0.15, 0.2) is 153 Å². The Balaban J connectivity index is 0.000000212. The standard InChI is InChI=1S/C30H34N4S.C24H10Cl6N2O4S/c1-17(2)19-5-11-29(25(13-19)23-9-7-21(31)15-27(23)33)35-30-12-6-20(18(3)4)14-26(30)24-10-8-22(32)16-28(24)34;25-17-9-11(31(33)34)1-3-13(17)15-5-7-19(23(29)21(15)27)37-20-8-6-16(22(28)24(20)30)14-4-2-12(32(35)36)10-18(14)26/h5-18H,31-34H2,1-4H3;1-10H. The molecular formula is C54H44Cl6N6O4S2. The summed E-state index contributed by atoms with van der Waals surface area (Å²) >= 11 is 41.7. The van der Waals surface area contributed by atoms with Crippen LogP contribution in [0.25, 0.3) is 44.5 Å². The van der Waals surface area contributed by atoms with Crippen molar-refractivity contribution in [2.75, 3.05) is 22.9 Å². The van der Waals surface area contributed by atoms with Gasteiger partial charge >= 0.3 is 0 Å². The van der Waals surface area contributed by atoms with Crippen molar-refractivity contribution in [1.82, 2.24) is 0 Å². The fraction of sp³-hybridized carbons (Fsp3) is 0.111. The first kappa shape index (κ1) is 54.0. The van der Waals surface area contributed by atoms with Gasteiger partial charge in [-0.25, -0.2) is 0 Å². The quantitative estimate of drug-likeness (QED) is 0.0520. The molecule has 0 atom stereocenters. The molecule has 8 rings (SSSR count). The molecule has 72 heavy (non-hydrogen) atoms. The van der Waals surface area contributed by atoms with E-state index >= 15 is 0 Å². The van der Waals surface area contributed by atoms with Gasteiger partial charge < -0.3 is 22.9 Å². The second-order valence-corrected chi connectivity index (χ2v) is 21.5. The van der Waals surface area contributed by atoms with Crippen molar-refractivity contribution < 1.29 is 9.85 Å². The van der Waals surface area contributed by atoms with Crippen LogP contribution in [0.3, 0.4) is 0 Å². The van der Waals surface area contributed by atoms with E-state index in [0.717, 1.165) is 32.0 Å². The number of hydrogen-bond acceptors (Lipinski definition) is 10. The van der Waals surface area contributed by atoms with Crippen molar-refractivity contribution in [1.29, 1.82) is 0 Å². The highest BCUT2D eigenvalue weighted by Crippen LogP contribution is 2.49. The average Bonchev–Trinajstić information content (AvgIpc) is 3.33. The molecule has 8 aromatic carbocycles. The van der Waals surface area contributed by atoms with E-state index in [2.05, 4.69) is 64.1 Å². The van der Waals surface area contributed by atoms with Crippen LogP contribution >= 0.6 is 93.1 Å². The summed E-state index contributed by atoms with van der Waals surface area (Å²) in [7, 11) is 0. The number of nitrogen functional groups attached to an aromatic ring is 4. The molecule has 0 bridgehead atoms. The first-order valence-electron chi connectivity index (χ1n) is 21.9. The van der Waals surface area contributed by atoms with Crippen molar-refractivity contribution in [3.63, 3.8) is 0 Å². The molecule has 18 heteroatoms. The fourth-order valence-corrected chi connectivity index (χ4v) is 11.3. The summed E-state index contributed by atoms with van der Waals surface area (Å²) in [6, 6.07) is 39.7. The molecule has 0 saturated heterocycles. The molecule has 0 fully saturated rings. The highest BCUT2D eigenvalue weighted by atomic mass is 35.5. The Morgan fingerprint density at radius 2 is 0.722 bits per heavy atom. The van der Waals surface area contributed by atoms with Crippen LogP contribution in [0.1, 0.15) is 50.7 Å². The number of rotatable bonds is 12. The molecule has 0 aliphatic heterocycles. The van der Waals surface area contributed by atoms with E-state index in [1.54, 1.807) is 36.0 Å². The SMILES string of the molecule is CC(C)c1ccc(Sc2ccc(C(C)C)cc2-c2ccc(N)cc2N)c(-c2ccc(N)cc2N)c1.O=[N+]([O-])c1ccc(-c2ccc(Sc3ccc(-c4ccc([N+](=O)[O-])cc4Cl)c(Cl)c3Cl)c(Cl)c2Cl)c(Cl)c1. The summed E-state index contributed by atoms with van der Waals surface area (Å²) in [5.74, 6) is 0.802. The topological polar surface area (TPSA) is 190 Å². The van der Waals surface area contributed by atoms with Gasteiger partial charge in [-0.3, -0.25) is 20.2 Å². The van der Waals surface area contributed by atoms with Gasteiger partial charge in [-0.15, -0.1) is 0 Å². The number of halogens is 6.